The smallest absolute Gasteiger partial charge is 0.358 e. The number of methoxy groups -OCH3 is 1. The van der Waals surface area contributed by atoms with Crippen molar-refractivity contribution in [1.29, 1.82) is 0 Å². The van der Waals surface area contributed by atoms with Crippen molar-refractivity contribution in [2.75, 3.05) is 57.6 Å². The number of esters is 1. The number of allylic oxidation sites excluding steroid dienone is 2. The molecule has 0 saturated carbocycles. The number of hydrogen-bond acceptors (Lipinski definition) is 13. The van der Waals surface area contributed by atoms with Crippen LogP contribution in [-0.4, -0.2) is 104 Å². The van der Waals surface area contributed by atoms with Crippen molar-refractivity contribution in [3.05, 3.63) is 45.3 Å². The van der Waals surface area contributed by atoms with Crippen LogP contribution in [0.3, 0.4) is 0 Å². The summed E-state index contributed by atoms with van der Waals surface area (Å²) in [7, 11) is 0.516. The number of aromatic nitrogens is 3. The van der Waals surface area contributed by atoms with Gasteiger partial charge in [-0.3, -0.25) is 4.90 Å². The molecule has 1 N–H and O–H groups in total. The van der Waals surface area contributed by atoms with E-state index in [4.69, 9.17) is 24.2 Å². The molecule has 246 valence electrons. The molecular formula is C31H46N6O5S2Si. The zero-order chi connectivity index (χ0) is 32.4. The number of thioether (sulfide) groups is 1. The van der Waals surface area contributed by atoms with Gasteiger partial charge in [0.25, 0.3) is 0 Å². The lowest BCUT2D eigenvalue weighted by Crippen LogP contribution is -2.39. The predicted octanol–water partition coefficient (Wildman–Crippen LogP) is 5.73. The number of anilines is 2. The number of fused-ring (bicyclic) bond motifs is 1. The molecule has 45 heavy (non-hydrogen) atoms. The normalized spacial score (nSPS) is 17.5. The Morgan fingerprint density at radius 2 is 2.07 bits per heavy atom. The molecule has 2 aromatic heterocycles. The molecule has 0 bridgehead atoms. The van der Waals surface area contributed by atoms with Gasteiger partial charge < -0.3 is 24.2 Å². The fourth-order valence-electron chi connectivity index (χ4n) is 4.79. The van der Waals surface area contributed by atoms with E-state index in [1.54, 1.807) is 14.0 Å². The zero-order valence-corrected chi connectivity index (χ0v) is 29.9. The van der Waals surface area contributed by atoms with Crippen LogP contribution in [0.5, 0.6) is 0 Å². The first-order valence-electron chi connectivity index (χ1n) is 15.4. The molecule has 1 saturated heterocycles. The number of ether oxygens (including phenoxy) is 3. The van der Waals surface area contributed by atoms with Gasteiger partial charge in [0.05, 0.1) is 24.2 Å². The first-order chi connectivity index (χ1) is 21.6. The van der Waals surface area contributed by atoms with E-state index < -0.39 is 14.0 Å². The molecule has 1 atom stereocenters. The second-order valence-electron chi connectivity index (χ2n) is 12.1. The van der Waals surface area contributed by atoms with Crippen LogP contribution in [0.15, 0.2) is 34.2 Å². The van der Waals surface area contributed by atoms with Crippen LogP contribution in [0.2, 0.25) is 25.7 Å². The first-order valence-corrected chi connectivity index (χ1v) is 21.0. The van der Waals surface area contributed by atoms with Crippen molar-refractivity contribution in [2.45, 2.75) is 64.8 Å². The minimum absolute atomic E-state index is 0.0249. The van der Waals surface area contributed by atoms with Crippen LogP contribution >= 0.6 is 23.1 Å². The van der Waals surface area contributed by atoms with E-state index in [0.29, 0.717) is 49.5 Å². The molecule has 0 spiro atoms. The summed E-state index contributed by atoms with van der Waals surface area (Å²) in [6.07, 6.45) is 8.01. The second-order valence-corrected chi connectivity index (χ2v) is 19.8. The van der Waals surface area contributed by atoms with E-state index in [9.17, 15) is 9.90 Å². The van der Waals surface area contributed by atoms with Gasteiger partial charge in [-0.1, -0.05) is 31.8 Å². The lowest BCUT2D eigenvalue weighted by molar-refractivity contribution is 0.0466. The predicted molar refractivity (Wildman–Crippen MR) is 185 cm³/mol. The summed E-state index contributed by atoms with van der Waals surface area (Å²) in [4.78, 5) is 28.7. The number of rotatable bonds is 17. The standard InChI is InChI=1S/C31H46N6O5S2Si/c1-7-42-30(39)27-24(13-9-15-38)44-31(33-27)37(14-10-16-40-3)26-19-22(2)29(35-34-26)32-23-11-8-12-25-28(23)36(21-43-25)20-41-17-18-45(4,5)6/h8,11-12,19,28,38H,7,9-10,13-18,20-21H2,1-6H3. The highest BCUT2D eigenvalue weighted by molar-refractivity contribution is 8.03. The van der Waals surface area contributed by atoms with Crippen molar-refractivity contribution in [1.82, 2.24) is 20.1 Å². The van der Waals surface area contributed by atoms with Gasteiger partial charge in [0.2, 0.25) is 0 Å². The van der Waals surface area contributed by atoms with Gasteiger partial charge in [-0.25, -0.2) is 14.8 Å². The van der Waals surface area contributed by atoms with Crippen LogP contribution in [0.25, 0.3) is 0 Å². The monoisotopic (exact) mass is 674 g/mol. The first kappa shape index (κ1) is 35.4. The number of aliphatic hydroxyl groups is 1. The molecular weight excluding hydrogens is 629 g/mol. The van der Waals surface area contributed by atoms with Crippen LogP contribution in [0.4, 0.5) is 16.8 Å². The molecule has 0 radical (unpaired) electrons. The number of aliphatic imine (C=N–C) groups is 1. The lowest BCUT2D eigenvalue weighted by Gasteiger charge is -2.26. The molecule has 4 rings (SSSR count). The van der Waals surface area contributed by atoms with E-state index in [0.717, 1.165) is 41.1 Å². The molecule has 1 unspecified atom stereocenters. The minimum atomic E-state index is -1.15. The van der Waals surface area contributed by atoms with Crippen molar-refractivity contribution in [3.8, 4) is 0 Å². The largest absolute Gasteiger partial charge is 0.461 e. The fourth-order valence-corrected chi connectivity index (χ4v) is 7.82. The van der Waals surface area contributed by atoms with Crippen molar-refractivity contribution in [3.63, 3.8) is 0 Å². The summed E-state index contributed by atoms with van der Waals surface area (Å²) < 4.78 is 16.7. The van der Waals surface area contributed by atoms with Gasteiger partial charge in [-0.2, -0.15) is 0 Å². The van der Waals surface area contributed by atoms with Gasteiger partial charge in [0, 0.05) is 51.3 Å². The summed E-state index contributed by atoms with van der Waals surface area (Å²) in [6, 6.07) is 3.13. The maximum atomic E-state index is 12.7. The van der Waals surface area contributed by atoms with E-state index in [-0.39, 0.29) is 24.9 Å². The number of carbonyl (C=O) groups excluding carboxylic acids is 1. The maximum Gasteiger partial charge on any atom is 0.358 e. The van der Waals surface area contributed by atoms with Crippen LogP contribution in [0.1, 0.15) is 40.7 Å². The van der Waals surface area contributed by atoms with Crippen molar-refractivity contribution < 1.29 is 24.1 Å². The zero-order valence-electron chi connectivity index (χ0n) is 27.2. The van der Waals surface area contributed by atoms with Gasteiger partial charge in [0.15, 0.2) is 22.5 Å². The van der Waals surface area contributed by atoms with E-state index in [2.05, 4.69) is 40.8 Å². The summed E-state index contributed by atoms with van der Waals surface area (Å²) in [6.45, 7) is 13.6. The number of thiazole rings is 1. The summed E-state index contributed by atoms with van der Waals surface area (Å²) in [5, 5.41) is 19.2. The Labute approximate surface area is 275 Å². The average molecular weight is 675 g/mol. The molecule has 1 aliphatic heterocycles. The molecule has 11 nitrogen and oxygen atoms in total. The summed E-state index contributed by atoms with van der Waals surface area (Å²) >= 11 is 3.23. The molecule has 1 aliphatic carbocycles. The molecule has 3 heterocycles. The maximum absolute atomic E-state index is 12.7. The molecule has 14 heteroatoms. The second kappa shape index (κ2) is 16.9. The highest BCUT2D eigenvalue weighted by Crippen LogP contribution is 2.37. The highest BCUT2D eigenvalue weighted by Gasteiger charge is 2.34. The van der Waals surface area contributed by atoms with Gasteiger partial charge in [-0.15, -0.1) is 33.3 Å². The molecule has 0 amide bonds. The number of aliphatic hydroxyl groups excluding tert-OH is 1. The van der Waals surface area contributed by atoms with Crippen molar-refractivity contribution in [2.24, 2.45) is 4.99 Å². The molecule has 2 aromatic rings. The number of carbonyl (C=O) groups is 1. The van der Waals surface area contributed by atoms with Gasteiger partial charge in [-0.05, 0) is 56.9 Å². The topological polar surface area (TPSA) is 122 Å². The third-order valence-corrected chi connectivity index (χ3v) is 11.2. The average Bonchev–Trinajstić information content (AvgIpc) is 3.62. The number of aryl methyl sites for hydroxylation is 2. The number of nitrogens with zero attached hydrogens (tertiary/aromatic N) is 6. The highest BCUT2D eigenvalue weighted by atomic mass is 32.2. The Morgan fingerprint density at radius 1 is 1.24 bits per heavy atom. The third kappa shape index (κ3) is 9.77. The Hall–Kier alpha value is -2.46. The van der Waals surface area contributed by atoms with Gasteiger partial charge >= 0.3 is 5.97 Å². The van der Waals surface area contributed by atoms with E-state index >= 15 is 0 Å². The Morgan fingerprint density at radius 3 is 2.78 bits per heavy atom. The SMILES string of the molecule is CCOC(=O)c1nc(N(CCCOC)c2cc(C)c(N=C3C=CC=C4SCN(COCC[Si](C)(C)C)C43)nn2)sc1CCCO. The van der Waals surface area contributed by atoms with E-state index in [1.165, 1.54) is 16.2 Å². The number of hydrogen-bond donors (Lipinski definition) is 1. The molecule has 0 aromatic carbocycles. The van der Waals surface area contributed by atoms with Gasteiger partial charge in [0.1, 0.15) is 6.73 Å². The fraction of sp³-hybridized carbons (Fsp3) is 0.581. The molecule has 2 aliphatic rings. The summed E-state index contributed by atoms with van der Waals surface area (Å²) in [5.74, 6) is 1.56. The Kier molecular flexibility index (Phi) is 13.3. The van der Waals surface area contributed by atoms with E-state index in [1.807, 2.05) is 41.8 Å². The quantitative estimate of drug-likeness (QED) is 0.126. The Bertz CT molecular complexity index is 1390. The Balaban J connectivity index is 1.58. The van der Waals surface area contributed by atoms with Crippen LogP contribution in [0, 0.1) is 6.92 Å². The van der Waals surface area contributed by atoms with Crippen LogP contribution < -0.4 is 4.90 Å². The molecule has 1 fully saturated rings. The summed E-state index contributed by atoms with van der Waals surface area (Å²) in [5.41, 5.74) is 2.08. The minimum Gasteiger partial charge on any atom is -0.461 e. The third-order valence-electron chi connectivity index (χ3n) is 7.23. The van der Waals surface area contributed by atoms with Crippen molar-refractivity contribution >= 4 is 59.6 Å². The van der Waals surface area contributed by atoms with Crippen LogP contribution in [-0.2, 0) is 20.6 Å². The lowest BCUT2D eigenvalue weighted by atomic mass is 10.1.